The molecular weight excluding hydrogens is 377 g/mol. The Labute approximate surface area is 168 Å². The third kappa shape index (κ3) is 3.41. The summed E-state index contributed by atoms with van der Waals surface area (Å²) in [4.78, 5) is 27.2. The second-order valence-electron chi connectivity index (χ2n) is 7.36. The van der Waals surface area contributed by atoms with Crippen molar-refractivity contribution in [2.24, 2.45) is 0 Å². The first kappa shape index (κ1) is 19.2. The number of amides is 1. The summed E-state index contributed by atoms with van der Waals surface area (Å²) in [7, 11) is 3.04. The van der Waals surface area contributed by atoms with Gasteiger partial charge in [0.2, 0.25) is 0 Å². The molecule has 1 fully saturated rings. The Kier molecular flexibility index (Phi) is 4.90. The molecule has 1 saturated heterocycles. The average molecular weight is 399 g/mol. The van der Waals surface area contributed by atoms with Crippen LogP contribution >= 0.6 is 0 Å². The van der Waals surface area contributed by atoms with Crippen LogP contribution in [0.5, 0.6) is 17.2 Å². The Morgan fingerprint density at radius 1 is 1.14 bits per heavy atom. The molecule has 0 N–H and O–H groups in total. The highest BCUT2D eigenvalue weighted by Crippen LogP contribution is 2.44. The van der Waals surface area contributed by atoms with Gasteiger partial charge in [0.1, 0.15) is 34.2 Å². The van der Waals surface area contributed by atoms with E-state index in [4.69, 9.17) is 14.2 Å². The number of methoxy groups -OCH3 is 2. The molecule has 2 aliphatic heterocycles. The zero-order valence-electron chi connectivity index (χ0n) is 16.4. The molecule has 7 heteroatoms. The summed E-state index contributed by atoms with van der Waals surface area (Å²) in [6.45, 7) is 0.772. The number of ether oxygens (including phenoxy) is 3. The molecule has 4 rings (SSSR count). The van der Waals surface area contributed by atoms with Crippen molar-refractivity contribution in [3.8, 4) is 17.2 Å². The van der Waals surface area contributed by atoms with Crippen molar-refractivity contribution < 1.29 is 28.2 Å². The number of ketones is 1. The molecule has 2 aromatic carbocycles. The van der Waals surface area contributed by atoms with Gasteiger partial charge in [-0.3, -0.25) is 9.59 Å². The largest absolute Gasteiger partial charge is 0.496 e. The summed E-state index contributed by atoms with van der Waals surface area (Å²) in [6.07, 6.45) is 1.18. The van der Waals surface area contributed by atoms with Gasteiger partial charge in [-0.15, -0.1) is 0 Å². The predicted octanol–water partition coefficient (Wildman–Crippen LogP) is 3.48. The van der Waals surface area contributed by atoms with Crippen molar-refractivity contribution in [3.63, 3.8) is 0 Å². The topological polar surface area (TPSA) is 65.1 Å². The molecule has 6 nitrogen and oxygen atoms in total. The number of rotatable bonds is 3. The van der Waals surface area contributed by atoms with Gasteiger partial charge in [-0.05, 0) is 12.1 Å². The van der Waals surface area contributed by atoms with Crippen LogP contribution in [0, 0.1) is 5.82 Å². The number of hydrogen-bond acceptors (Lipinski definition) is 5. The highest BCUT2D eigenvalue weighted by Gasteiger charge is 2.45. The van der Waals surface area contributed by atoms with Crippen LogP contribution in [0.4, 0.5) is 4.39 Å². The minimum Gasteiger partial charge on any atom is -0.496 e. The summed E-state index contributed by atoms with van der Waals surface area (Å²) in [6, 6.07) is 9.30. The number of piperidine rings is 1. The molecule has 0 radical (unpaired) electrons. The minimum absolute atomic E-state index is 0.0559. The number of carbonyl (C=O) groups excluding carboxylic acids is 2. The fourth-order valence-corrected chi connectivity index (χ4v) is 4.05. The first-order valence-electron chi connectivity index (χ1n) is 9.48. The van der Waals surface area contributed by atoms with Crippen molar-refractivity contribution in [2.45, 2.75) is 24.9 Å². The fraction of sp³-hybridized carbons (Fsp3) is 0.364. The summed E-state index contributed by atoms with van der Waals surface area (Å²) in [5, 5.41) is 0. The molecule has 0 aromatic heterocycles. The van der Waals surface area contributed by atoms with Crippen LogP contribution in [0.3, 0.4) is 0 Å². The Morgan fingerprint density at radius 3 is 2.52 bits per heavy atom. The van der Waals surface area contributed by atoms with Crippen LogP contribution in [-0.2, 0) is 0 Å². The SMILES string of the molecule is COc1cc(OC)c2c(c1)OC1(CCN(C(=O)c3ccccc3F)CC1)CC2=O. The van der Waals surface area contributed by atoms with Crippen LogP contribution in [0.15, 0.2) is 36.4 Å². The molecule has 0 saturated carbocycles. The molecule has 1 spiro atoms. The fourth-order valence-electron chi connectivity index (χ4n) is 4.05. The number of halogens is 1. The molecule has 2 heterocycles. The normalized spacial score (nSPS) is 17.5. The van der Waals surface area contributed by atoms with Gasteiger partial charge in [-0.25, -0.2) is 4.39 Å². The van der Waals surface area contributed by atoms with E-state index in [9.17, 15) is 14.0 Å². The van der Waals surface area contributed by atoms with Crippen LogP contribution < -0.4 is 14.2 Å². The Morgan fingerprint density at radius 2 is 1.86 bits per heavy atom. The van der Waals surface area contributed by atoms with Crippen LogP contribution in [-0.4, -0.2) is 49.5 Å². The van der Waals surface area contributed by atoms with E-state index < -0.39 is 11.4 Å². The number of hydrogen-bond donors (Lipinski definition) is 0. The first-order valence-corrected chi connectivity index (χ1v) is 9.48. The van der Waals surface area contributed by atoms with Crippen molar-refractivity contribution in [1.82, 2.24) is 4.90 Å². The van der Waals surface area contributed by atoms with Gasteiger partial charge >= 0.3 is 0 Å². The molecule has 29 heavy (non-hydrogen) atoms. The molecule has 2 aromatic rings. The second kappa shape index (κ2) is 7.39. The standard InChI is InChI=1S/C22H22FNO5/c1-27-14-11-18(28-2)20-17(25)13-22(29-19(20)12-14)7-9-24(10-8-22)21(26)15-5-3-4-6-16(15)23/h3-6,11-12H,7-10,13H2,1-2H3. The number of likely N-dealkylation sites (tertiary alicyclic amines) is 1. The first-order chi connectivity index (χ1) is 14.0. The van der Waals surface area contributed by atoms with E-state index in [1.165, 1.54) is 26.4 Å². The van der Waals surface area contributed by atoms with Crippen LogP contribution in [0.2, 0.25) is 0 Å². The lowest BCUT2D eigenvalue weighted by Gasteiger charge is -2.44. The van der Waals surface area contributed by atoms with Gasteiger partial charge in [0.25, 0.3) is 5.91 Å². The maximum atomic E-state index is 14.0. The highest BCUT2D eigenvalue weighted by molar-refractivity contribution is 6.03. The summed E-state index contributed by atoms with van der Waals surface area (Å²) < 4.78 is 30.9. The van der Waals surface area contributed by atoms with E-state index in [0.717, 1.165) is 0 Å². The smallest absolute Gasteiger partial charge is 0.256 e. The van der Waals surface area contributed by atoms with Gasteiger partial charge in [0, 0.05) is 38.1 Å². The average Bonchev–Trinajstić information content (AvgIpc) is 2.73. The summed E-state index contributed by atoms with van der Waals surface area (Å²) in [5.74, 6) is 0.466. The van der Waals surface area contributed by atoms with Crippen molar-refractivity contribution in [1.29, 1.82) is 0 Å². The van der Waals surface area contributed by atoms with Crippen molar-refractivity contribution in [2.75, 3.05) is 27.3 Å². The van der Waals surface area contributed by atoms with Gasteiger partial charge in [0.15, 0.2) is 5.78 Å². The van der Waals surface area contributed by atoms with E-state index in [0.29, 0.717) is 48.7 Å². The monoisotopic (exact) mass is 399 g/mol. The molecule has 0 aliphatic carbocycles. The van der Waals surface area contributed by atoms with E-state index >= 15 is 0 Å². The molecule has 152 valence electrons. The van der Waals surface area contributed by atoms with Gasteiger partial charge in [-0.2, -0.15) is 0 Å². The number of nitrogens with zero attached hydrogens (tertiary/aromatic N) is 1. The van der Waals surface area contributed by atoms with E-state index in [2.05, 4.69) is 0 Å². The zero-order valence-corrected chi connectivity index (χ0v) is 16.4. The third-order valence-electron chi connectivity index (χ3n) is 5.65. The predicted molar refractivity (Wildman–Crippen MR) is 103 cm³/mol. The number of benzene rings is 2. The summed E-state index contributed by atoms with van der Waals surface area (Å²) in [5.41, 5.74) is -0.208. The zero-order chi connectivity index (χ0) is 20.6. The Hall–Kier alpha value is -3.09. The molecule has 1 amide bonds. The van der Waals surface area contributed by atoms with Crippen LogP contribution in [0.25, 0.3) is 0 Å². The molecule has 2 aliphatic rings. The van der Waals surface area contributed by atoms with Crippen molar-refractivity contribution >= 4 is 11.7 Å². The van der Waals surface area contributed by atoms with Gasteiger partial charge < -0.3 is 19.1 Å². The maximum Gasteiger partial charge on any atom is 0.256 e. The molecular formula is C22H22FNO5. The van der Waals surface area contributed by atoms with Gasteiger partial charge in [-0.1, -0.05) is 12.1 Å². The van der Waals surface area contributed by atoms with E-state index in [1.807, 2.05) is 0 Å². The number of Topliss-reactive ketones (excluding diaryl/α,β-unsaturated/α-hetero) is 1. The highest BCUT2D eigenvalue weighted by atomic mass is 19.1. The summed E-state index contributed by atoms with van der Waals surface area (Å²) >= 11 is 0. The lowest BCUT2D eigenvalue weighted by molar-refractivity contribution is -0.00619. The Balaban J connectivity index is 1.54. The molecule has 0 unspecified atom stereocenters. The Bertz CT molecular complexity index is 966. The lowest BCUT2D eigenvalue weighted by Crippen LogP contribution is -2.52. The van der Waals surface area contributed by atoms with Crippen molar-refractivity contribution in [3.05, 3.63) is 53.3 Å². The van der Waals surface area contributed by atoms with Crippen LogP contribution in [0.1, 0.15) is 40.0 Å². The minimum atomic E-state index is -0.687. The molecule has 0 atom stereocenters. The van der Waals surface area contributed by atoms with E-state index in [1.54, 1.807) is 29.2 Å². The van der Waals surface area contributed by atoms with E-state index in [-0.39, 0.29) is 23.7 Å². The second-order valence-corrected chi connectivity index (χ2v) is 7.36. The number of carbonyl (C=O) groups is 2. The maximum absolute atomic E-state index is 14.0. The van der Waals surface area contributed by atoms with Gasteiger partial charge in [0.05, 0.1) is 26.2 Å². The molecule has 0 bridgehead atoms. The third-order valence-corrected chi connectivity index (χ3v) is 5.65. The number of fused-ring (bicyclic) bond motifs is 1. The lowest BCUT2D eigenvalue weighted by atomic mass is 9.82. The quantitative estimate of drug-likeness (QED) is 0.791.